The fourth-order valence-electron chi connectivity index (χ4n) is 3.74. The number of pyridine rings is 1. The molecule has 1 aromatic carbocycles. The summed E-state index contributed by atoms with van der Waals surface area (Å²) in [5.74, 6) is 0. The average molecular weight is 370 g/mol. The number of rotatable bonds is 4. The SMILES string of the molecule is Cn1ccc(C(=N)c2cc(NC3CCCc4cc(C#N)cnc43)ccc2N)c1. The van der Waals surface area contributed by atoms with Gasteiger partial charge in [-0.3, -0.25) is 10.4 Å². The minimum atomic E-state index is 0.0823. The van der Waals surface area contributed by atoms with Gasteiger partial charge in [-0.2, -0.15) is 5.26 Å². The molecule has 6 nitrogen and oxygen atoms in total. The Bertz CT molecular complexity index is 1090. The molecule has 140 valence electrons. The standard InChI is InChI=1S/C22H22N6/c1-28-8-7-16(13-28)21(25)18-10-17(5-6-19(18)24)27-20-4-2-3-15-9-14(11-23)12-26-22(15)20/h5-10,12-13,20,25,27H,2-4,24H2,1H3. The molecule has 0 radical (unpaired) electrons. The second kappa shape index (κ2) is 7.20. The molecular formula is C22H22N6. The molecule has 1 unspecified atom stereocenters. The van der Waals surface area contributed by atoms with Crippen molar-refractivity contribution in [3.05, 3.63) is 76.9 Å². The predicted octanol–water partition coefficient (Wildman–Crippen LogP) is 3.78. The van der Waals surface area contributed by atoms with Gasteiger partial charge in [0.05, 0.1) is 23.0 Å². The van der Waals surface area contributed by atoms with E-state index in [-0.39, 0.29) is 6.04 Å². The molecule has 1 atom stereocenters. The fraction of sp³-hybridized carbons (Fsp3) is 0.227. The zero-order valence-corrected chi connectivity index (χ0v) is 15.7. The zero-order chi connectivity index (χ0) is 19.7. The van der Waals surface area contributed by atoms with Crippen LogP contribution in [0.5, 0.6) is 0 Å². The van der Waals surface area contributed by atoms with Crippen molar-refractivity contribution < 1.29 is 0 Å². The molecule has 0 aliphatic heterocycles. The number of nitrogens with two attached hydrogens (primary N) is 1. The van der Waals surface area contributed by atoms with E-state index in [1.807, 2.05) is 54.3 Å². The van der Waals surface area contributed by atoms with Crippen LogP contribution in [0, 0.1) is 16.7 Å². The Hall–Kier alpha value is -3.59. The first-order valence-electron chi connectivity index (χ1n) is 9.31. The zero-order valence-electron chi connectivity index (χ0n) is 15.7. The molecule has 0 amide bonds. The molecule has 0 saturated heterocycles. The minimum absolute atomic E-state index is 0.0823. The molecule has 2 aromatic heterocycles. The van der Waals surface area contributed by atoms with E-state index in [0.29, 0.717) is 22.5 Å². The summed E-state index contributed by atoms with van der Waals surface area (Å²) in [6.45, 7) is 0. The minimum Gasteiger partial charge on any atom is -0.398 e. The fourth-order valence-corrected chi connectivity index (χ4v) is 3.74. The number of nitrogens with one attached hydrogen (secondary N) is 2. The van der Waals surface area contributed by atoms with Crippen LogP contribution in [0.25, 0.3) is 0 Å². The van der Waals surface area contributed by atoms with Crippen LogP contribution >= 0.6 is 0 Å². The second-order valence-corrected chi connectivity index (χ2v) is 7.21. The monoisotopic (exact) mass is 370 g/mol. The summed E-state index contributed by atoms with van der Waals surface area (Å²) < 4.78 is 1.92. The van der Waals surface area contributed by atoms with Crippen LogP contribution in [0.15, 0.2) is 48.9 Å². The number of nitrogen functional groups attached to an aromatic ring is 1. The van der Waals surface area contributed by atoms with Gasteiger partial charge in [-0.15, -0.1) is 0 Å². The Balaban J connectivity index is 1.62. The molecule has 3 aromatic rings. The number of hydrogen-bond acceptors (Lipinski definition) is 5. The van der Waals surface area contributed by atoms with Crippen LogP contribution in [0.1, 0.15) is 46.8 Å². The van der Waals surface area contributed by atoms with Crippen LogP contribution in [-0.4, -0.2) is 15.3 Å². The van der Waals surface area contributed by atoms with Gasteiger partial charge in [0.25, 0.3) is 0 Å². The highest BCUT2D eigenvalue weighted by atomic mass is 15.0. The molecule has 0 fully saturated rings. The highest BCUT2D eigenvalue weighted by molar-refractivity contribution is 6.14. The molecule has 2 heterocycles. The van der Waals surface area contributed by atoms with Gasteiger partial charge in [-0.1, -0.05) is 0 Å². The van der Waals surface area contributed by atoms with Gasteiger partial charge in [-0.05, 0) is 55.2 Å². The van der Waals surface area contributed by atoms with E-state index >= 15 is 0 Å². The Kier molecular flexibility index (Phi) is 4.58. The number of benzene rings is 1. The van der Waals surface area contributed by atoms with Gasteiger partial charge < -0.3 is 15.6 Å². The third-order valence-electron chi connectivity index (χ3n) is 5.18. The lowest BCUT2D eigenvalue weighted by molar-refractivity contribution is 0.583. The number of nitriles is 1. The van der Waals surface area contributed by atoms with Crippen molar-refractivity contribution in [2.75, 3.05) is 11.1 Å². The summed E-state index contributed by atoms with van der Waals surface area (Å²) in [6, 6.07) is 11.8. The lowest BCUT2D eigenvalue weighted by atomic mass is 9.90. The number of fused-ring (bicyclic) bond motifs is 1. The molecule has 28 heavy (non-hydrogen) atoms. The van der Waals surface area contributed by atoms with Crippen molar-refractivity contribution in [1.82, 2.24) is 9.55 Å². The van der Waals surface area contributed by atoms with Crippen molar-refractivity contribution in [2.45, 2.75) is 25.3 Å². The van der Waals surface area contributed by atoms with Crippen molar-refractivity contribution in [3.63, 3.8) is 0 Å². The van der Waals surface area contributed by atoms with Gasteiger partial charge in [0, 0.05) is 48.1 Å². The first-order chi connectivity index (χ1) is 13.5. The maximum Gasteiger partial charge on any atom is 0.101 e. The Labute approximate surface area is 164 Å². The molecule has 6 heteroatoms. The molecule has 0 spiro atoms. The number of aromatic nitrogens is 2. The maximum absolute atomic E-state index is 9.11. The molecular weight excluding hydrogens is 348 g/mol. The Morgan fingerprint density at radius 1 is 1.36 bits per heavy atom. The molecule has 4 N–H and O–H groups in total. The number of hydrogen-bond donors (Lipinski definition) is 3. The van der Waals surface area contributed by atoms with Gasteiger partial charge in [0.1, 0.15) is 6.07 Å². The quantitative estimate of drug-likeness (QED) is 0.480. The predicted molar refractivity (Wildman–Crippen MR) is 110 cm³/mol. The Morgan fingerprint density at radius 2 is 2.21 bits per heavy atom. The number of anilines is 2. The van der Waals surface area contributed by atoms with Gasteiger partial charge in [-0.25, -0.2) is 0 Å². The first kappa shape index (κ1) is 17.8. The van der Waals surface area contributed by atoms with Gasteiger partial charge >= 0.3 is 0 Å². The van der Waals surface area contributed by atoms with Crippen LogP contribution in [0.4, 0.5) is 11.4 Å². The summed E-state index contributed by atoms with van der Waals surface area (Å²) >= 11 is 0. The van der Waals surface area contributed by atoms with E-state index < -0.39 is 0 Å². The van der Waals surface area contributed by atoms with Crippen LogP contribution in [0.3, 0.4) is 0 Å². The molecule has 0 saturated carbocycles. The van der Waals surface area contributed by atoms with E-state index in [4.69, 9.17) is 16.4 Å². The number of aryl methyl sites for hydroxylation is 2. The molecule has 1 aliphatic rings. The summed E-state index contributed by atoms with van der Waals surface area (Å²) in [4.78, 5) is 4.54. The summed E-state index contributed by atoms with van der Waals surface area (Å²) in [5, 5.41) is 21.2. The third kappa shape index (κ3) is 3.35. The van der Waals surface area contributed by atoms with Crippen molar-refractivity contribution in [2.24, 2.45) is 7.05 Å². The van der Waals surface area contributed by atoms with Gasteiger partial charge in [0.15, 0.2) is 0 Å². The van der Waals surface area contributed by atoms with Crippen molar-refractivity contribution in [1.29, 1.82) is 10.7 Å². The number of nitrogens with zero attached hydrogens (tertiary/aromatic N) is 3. The first-order valence-corrected chi connectivity index (χ1v) is 9.31. The third-order valence-corrected chi connectivity index (χ3v) is 5.18. The van der Waals surface area contributed by atoms with E-state index in [1.54, 1.807) is 6.20 Å². The molecule has 0 bridgehead atoms. The smallest absolute Gasteiger partial charge is 0.101 e. The van der Waals surface area contributed by atoms with E-state index in [2.05, 4.69) is 16.4 Å². The van der Waals surface area contributed by atoms with Crippen LogP contribution in [-0.2, 0) is 13.5 Å². The largest absolute Gasteiger partial charge is 0.398 e. The lowest BCUT2D eigenvalue weighted by Gasteiger charge is -2.26. The van der Waals surface area contributed by atoms with Crippen LogP contribution < -0.4 is 11.1 Å². The summed E-state index contributed by atoms with van der Waals surface area (Å²) in [5.41, 5.74) is 12.3. The lowest BCUT2D eigenvalue weighted by Crippen LogP contribution is -2.19. The highest BCUT2D eigenvalue weighted by Crippen LogP contribution is 2.32. The van der Waals surface area contributed by atoms with E-state index in [1.165, 1.54) is 0 Å². The molecule has 4 rings (SSSR count). The van der Waals surface area contributed by atoms with Gasteiger partial charge in [0.2, 0.25) is 0 Å². The van der Waals surface area contributed by atoms with Crippen LogP contribution in [0.2, 0.25) is 0 Å². The second-order valence-electron chi connectivity index (χ2n) is 7.21. The Morgan fingerprint density at radius 3 is 2.96 bits per heavy atom. The topological polar surface area (TPSA) is 104 Å². The highest BCUT2D eigenvalue weighted by Gasteiger charge is 2.22. The average Bonchev–Trinajstić information content (AvgIpc) is 3.15. The van der Waals surface area contributed by atoms with Crippen molar-refractivity contribution >= 4 is 17.1 Å². The van der Waals surface area contributed by atoms with E-state index in [0.717, 1.165) is 41.8 Å². The summed E-state index contributed by atoms with van der Waals surface area (Å²) in [7, 11) is 1.93. The van der Waals surface area contributed by atoms with E-state index in [9.17, 15) is 0 Å². The maximum atomic E-state index is 9.11. The summed E-state index contributed by atoms with van der Waals surface area (Å²) in [6.07, 6.45) is 8.43. The van der Waals surface area contributed by atoms with Crippen molar-refractivity contribution in [3.8, 4) is 6.07 Å². The molecule has 1 aliphatic carbocycles. The normalized spacial score (nSPS) is 15.5.